The molecule has 2 rings (SSSR count). The molecule has 0 bridgehead atoms. The summed E-state index contributed by atoms with van der Waals surface area (Å²) in [6.07, 6.45) is 1.20. The number of guanidine groups is 1. The number of halogens is 2. The minimum atomic E-state index is -0.301. The maximum absolute atomic E-state index is 13.8. The van der Waals surface area contributed by atoms with Gasteiger partial charge in [-0.15, -0.1) is 0 Å². The van der Waals surface area contributed by atoms with Crippen LogP contribution in [0.5, 0.6) is 0 Å². The molecule has 0 spiro atoms. The molecule has 1 amide bonds. The summed E-state index contributed by atoms with van der Waals surface area (Å²) in [5, 5.41) is 6.81. The van der Waals surface area contributed by atoms with Crippen LogP contribution in [-0.2, 0) is 12.8 Å². The van der Waals surface area contributed by atoms with E-state index >= 15 is 0 Å². The number of nitrogens with zero attached hydrogens (tertiary/aromatic N) is 2. The number of aliphatic imine (C=N–C) groups is 1. The Labute approximate surface area is 170 Å². The van der Waals surface area contributed by atoms with Crippen molar-refractivity contribution in [3.63, 3.8) is 0 Å². The van der Waals surface area contributed by atoms with Crippen molar-refractivity contribution in [2.24, 2.45) is 4.99 Å². The van der Waals surface area contributed by atoms with Crippen LogP contribution in [0, 0.1) is 5.82 Å². The summed E-state index contributed by atoms with van der Waals surface area (Å²) in [5.41, 5.74) is 2.23. The van der Waals surface area contributed by atoms with Crippen LogP contribution in [0.15, 0.2) is 47.5 Å². The standard InChI is InChI=1S/C21H26ClFN4O/c1-24-21(26-13-11-17-18(22)8-5-9-19(17)23)25-12-10-15-6-4-7-16(14-15)20(28)27(2)3/h4-9,14H,10-13H2,1-3H3,(H2,24,25,26). The Balaban J connectivity index is 1.81. The first-order chi connectivity index (χ1) is 13.4. The first-order valence-electron chi connectivity index (χ1n) is 9.10. The fraction of sp³-hybridized carbons (Fsp3) is 0.333. The van der Waals surface area contributed by atoms with Crippen LogP contribution in [0.4, 0.5) is 4.39 Å². The third-order valence-electron chi connectivity index (χ3n) is 4.24. The number of hydrogen-bond acceptors (Lipinski definition) is 2. The van der Waals surface area contributed by atoms with E-state index in [1.807, 2.05) is 24.3 Å². The zero-order valence-electron chi connectivity index (χ0n) is 16.4. The first kappa shape index (κ1) is 21.7. The lowest BCUT2D eigenvalue weighted by Crippen LogP contribution is -2.39. The van der Waals surface area contributed by atoms with Gasteiger partial charge in [-0.3, -0.25) is 9.79 Å². The fourth-order valence-electron chi connectivity index (χ4n) is 2.74. The van der Waals surface area contributed by atoms with Gasteiger partial charge in [0.2, 0.25) is 0 Å². The summed E-state index contributed by atoms with van der Waals surface area (Å²) in [7, 11) is 5.16. The highest BCUT2D eigenvalue weighted by Gasteiger charge is 2.09. The van der Waals surface area contributed by atoms with Gasteiger partial charge in [0.05, 0.1) is 0 Å². The largest absolute Gasteiger partial charge is 0.356 e. The molecular weight excluding hydrogens is 379 g/mol. The van der Waals surface area contributed by atoms with Crippen LogP contribution >= 0.6 is 11.6 Å². The van der Waals surface area contributed by atoms with Crippen molar-refractivity contribution in [2.45, 2.75) is 12.8 Å². The average Bonchev–Trinajstić information content (AvgIpc) is 2.68. The SMILES string of the molecule is CN=C(NCCc1cccc(C(=O)N(C)C)c1)NCCc1c(F)cccc1Cl. The van der Waals surface area contributed by atoms with Gasteiger partial charge in [0, 0.05) is 50.4 Å². The normalized spacial score (nSPS) is 11.2. The van der Waals surface area contributed by atoms with E-state index in [9.17, 15) is 9.18 Å². The zero-order valence-corrected chi connectivity index (χ0v) is 17.2. The molecule has 2 N–H and O–H groups in total. The molecule has 150 valence electrons. The van der Waals surface area contributed by atoms with Gasteiger partial charge in [0.25, 0.3) is 5.91 Å². The number of nitrogens with one attached hydrogen (secondary N) is 2. The Morgan fingerprint density at radius 2 is 1.79 bits per heavy atom. The maximum Gasteiger partial charge on any atom is 0.253 e. The zero-order chi connectivity index (χ0) is 20.5. The van der Waals surface area contributed by atoms with Gasteiger partial charge in [-0.2, -0.15) is 0 Å². The van der Waals surface area contributed by atoms with E-state index in [1.165, 1.54) is 6.07 Å². The smallest absolute Gasteiger partial charge is 0.253 e. The molecule has 7 heteroatoms. The molecule has 0 aromatic heterocycles. The molecule has 28 heavy (non-hydrogen) atoms. The molecular formula is C21H26ClFN4O. The molecule has 0 aliphatic heterocycles. The van der Waals surface area contributed by atoms with Gasteiger partial charge in [0.1, 0.15) is 5.82 Å². The summed E-state index contributed by atoms with van der Waals surface area (Å²) in [5.74, 6) is 0.316. The van der Waals surface area contributed by atoms with Crippen LogP contribution in [-0.4, -0.2) is 51.0 Å². The highest BCUT2D eigenvalue weighted by Crippen LogP contribution is 2.18. The molecule has 2 aromatic rings. The third kappa shape index (κ3) is 6.23. The summed E-state index contributed by atoms with van der Waals surface area (Å²) in [6.45, 7) is 1.16. The molecule has 0 saturated carbocycles. The van der Waals surface area contributed by atoms with Crippen molar-refractivity contribution in [3.05, 3.63) is 70.0 Å². The molecule has 0 saturated heterocycles. The highest BCUT2D eigenvalue weighted by molar-refractivity contribution is 6.31. The quantitative estimate of drug-likeness (QED) is 0.550. The van der Waals surface area contributed by atoms with Crippen LogP contribution < -0.4 is 10.6 Å². The fourth-order valence-corrected chi connectivity index (χ4v) is 3.00. The molecule has 0 aliphatic carbocycles. The summed E-state index contributed by atoms with van der Waals surface area (Å²) in [6, 6.07) is 12.3. The van der Waals surface area contributed by atoms with Gasteiger partial charge >= 0.3 is 0 Å². The molecule has 0 atom stereocenters. The van der Waals surface area contributed by atoms with Crippen molar-refractivity contribution in [1.82, 2.24) is 15.5 Å². The van der Waals surface area contributed by atoms with Gasteiger partial charge in [-0.05, 0) is 42.7 Å². The van der Waals surface area contributed by atoms with E-state index in [2.05, 4.69) is 15.6 Å². The van der Waals surface area contributed by atoms with E-state index < -0.39 is 0 Å². The lowest BCUT2D eigenvalue weighted by Gasteiger charge is -2.13. The molecule has 5 nitrogen and oxygen atoms in total. The highest BCUT2D eigenvalue weighted by atomic mass is 35.5. The van der Waals surface area contributed by atoms with E-state index in [0.717, 1.165) is 12.0 Å². The number of benzene rings is 2. The topological polar surface area (TPSA) is 56.7 Å². The van der Waals surface area contributed by atoms with E-state index in [1.54, 1.807) is 38.2 Å². The molecule has 0 radical (unpaired) electrons. The Kier molecular flexibility index (Phi) is 8.26. The second kappa shape index (κ2) is 10.7. The Hall–Kier alpha value is -2.60. The van der Waals surface area contributed by atoms with Crippen molar-refractivity contribution >= 4 is 23.5 Å². The molecule has 0 heterocycles. The number of carbonyl (C=O) groups is 1. The molecule has 0 fully saturated rings. The van der Waals surface area contributed by atoms with Gasteiger partial charge in [-0.1, -0.05) is 29.8 Å². The summed E-state index contributed by atoms with van der Waals surface area (Å²) >= 11 is 6.04. The lowest BCUT2D eigenvalue weighted by atomic mass is 10.1. The Morgan fingerprint density at radius 1 is 1.11 bits per heavy atom. The lowest BCUT2D eigenvalue weighted by molar-refractivity contribution is 0.0827. The number of hydrogen-bond donors (Lipinski definition) is 2. The van der Waals surface area contributed by atoms with Crippen LogP contribution in [0.3, 0.4) is 0 Å². The number of amides is 1. The van der Waals surface area contributed by atoms with Crippen molar-refractivity contribution in [2.75, 3.05) is 34.2 Å². The monoisotopic (exact) mass is 404 g/mol. The van der Waals surface area contributed by atoms with Crippen molar-refractivity contribution < 1.29 is 9.18 Å². The second-order valence-corrected chi connectivity index (χ2v) is 6.93. The third-order valence-corrected chi connectivity index (χ3v) is 4.59. The first-order valence-corrected chi connectivity index (χ1v) is 9.48. The van der Waals surface area contributed by atoms with Crippen molar-refractivity contribution in [1.29, 1.82) is 0 Å². The summed E-state index contributed by atoms with van der Waals surface area (Å²) < 4.78 is 13.8. The predicted molar refractivity (Wildman–Crippen MR) is 113 cm³/mol. The van der Waals surface area contributed by atoms with Crippen LogP contribution in [0.25, 0.3) is 0 Å². The van der Waals surface area contributed by atoms with Crippen molar-refractivity contribution in [3.8, 4) is 0 Å². The Bertz CT molecular complexity index is 819. The predicted octanol–water partition coefficient (Wildman–Crippen LogP) is 3.13. The molecule has 2 aromatic carbocycles. The van der Waals surface area contributed by atoms with E-state index in [4.69, 9.17) is 11.6 Å². The minimum Gasteiger partial charge on any atom is -0.356 e. The Morgan fingerprint density at radius 3 is 2.43 bits per heavy atom. The van der Waals surface area contributed by atoms with E-state index in [-0.39, 0.29) is 11.7 Å². The number of carbonyl (C=O) groups excluding carboxylic acids is 1. The van der Waals surface area contributed by atoms with Gasteiger partial charge < -0.3 is 15.5 Å². The maximum atomic E-state index is 13.8. The van der Waals surface area contributed by atoms with Gasteiger partial charge in [-0.25, -0.2) is 4.39 Å². The van der Waals surface area contributed by atoms with Crippen LogP contribution in [0.1, 0.15) is 21.5 Å². The van der Waals surface area contributed by atoms with Gasteiger partial charge in [0.15, 0.2) is 5.96 Å². The minimum absolute atomic E-state index is 0.0147. The molecule has 0 unspecified atom stereocenters. The molecule has 0 aliphatic rings. The number of rotatable bonds is 7. The second-order valence-electron chi connectivity index (χ2n) is 6.53. The average molecular weight is 405 g/mol. The van der Waals surface area contributed by atoms with E-state index in [0.29, 0.717) is 41.6 Å². The van der Waals surface area contributed by atoms with Crippen LogP contribution in [0.2, 0.25) is 5.02 Å². The summed E-state index contributed by atoms with van der Waals surface area (Å²) in [4.78, 5) is 17.8.